The van der Waals surface area contributed by atoms with Gasteiger partial charge in [-0.2, -0.15) is 0 Å². The molecule has 0 aromatic heterocycles. The molecule has 0 saturated heterocycles. The zero-order valence-corrected chi connectivity index (χ0v) is 4.96. The number of hydrogen-bond donors (Lipinski definition) is 0. The maximum absolute atomic E-state index is 4.95. The van der Waals surface area contributed by atoms with Crippen molar-refractivity contribution in [3.8, 4) is 0 Å². The molecule has 0 saturated carbocycles. The molecule has 1 unspecified atom stereocenters. The predicted octanol–water partition coefficient (Wildman–Crippen LogP) is 0.793. The van der Waals surface area contributed by atoms with Crippen LogP contribution in [0.25, 0.3) is 0 Å². The summed E-state index contributed by atoms with van der Waals surface area (Å²) in [4.78, 5) is 0. The Balaban J connectivity index is 2.16. The minimum atomic E-state index is 0.486. The van der Waals surface area contributed by atoms with Crippen LogP contribution >= 0.6 is 0 Å². The summed E-state index contributed by atoms with van der Waals surface area (Å²) in [6.45, 7) is 1.56. The highest BCUT2D eigenvalue weighted by Gasteiger charge is 2.07. The van der Waals surface area contributed by atoms with Crippen molar-refractivity contribution in [3.63, 3.8) is 0 Å². The Bertz CT molecular complexity index is 88.5. The molecule has 0 N–H and O–H groups in total. The molecule has 0 radical (unpaired) electrons. The predicted molar refractivity (Wildman–Crippen MR) is 30.5 cm³/mol. The smallest absolute Gasteiger partial charge is 0.0959 e. The van der Waals surface area contributed by atoms with Crippen LogP contribution in [0.1, 0.15) is 0 Å². The average molecular weight is 114 g/mol. The highest BCUT2D eigenvalue weighted by molar-refractivity contribution is 4.88. The second-order valence-corrected chi connectivity index (χ2v) is 1.88. The molecule has 0 aromatic rings. The summed E-state index contributed by atoms with van der Waals surface area (Å²) in [7, 11) is 1.70. The first-order chi connectivity index (χ1) is 3.93. The van der Waals surface area contributed by atoms with Crippen molar-refractivity contribution in [1.82, 2.24) is 0 Å². The minimum Gasteiger partial charge on any atom is -0.501 e. The molecule has 0 aliphatic carbocycles. The van der Waals surface area contributed by atoms with E-state index >= 15 is 0 Å². The summed E-state index contributed by atoms with van der Waals surface area (Å²) in [6, 6.07) is 0. The van der Waals surface area contributed by atoms with E-state index in [1.54, 1.807) is 13.4 Å². The van der Waals surface area contributed by atoms with Gasteiger partial charge in [-0.15, -0.1) is 0 Å². The van der Waals surface area contributed by atoms with E-state index in [2.05, 4.69) is 0 Å². The lowest BCUT2D eigenvalue weighted by molar-refractivity contribution is 0.141. The van der Waals surface area contributed by atoms with Crippen LogP contribution in [-0.2, 0) is 9.47 Å². The van der Waals surface area contributed by atoms with Gasteiger partial charge in [0.2, 0.25) is 0 Å². The molecule has 0 fully saturated rings. The fourth-order valence-electron chi connectivity index (χ4n) is 0.719. The van der Waals surface area contributed by atoms with Gasteiger partial charge in [0.15, 0.2) is 0 Å². The number of rotatable bonds is 2. The van der Waals surface area contributed by atoms with Crippen LogP contribution in [0.5, 0.6) is 0 Å². The molecule has 46 valence electrons. The third-order valence-electron chi connectivity index (χ3n) is 1.14. The summed E-state index contributed by atoms with van der Waals surface area (Å²) in [5.74, 6) is 0.486. The Morgan fingerprint density at radius 3 is 3.25 bits per heavy atom. The van der Waals surface area contributed by atoms with Crippen molar-refractivity contribution in [2.75, 3.05) is 20.3 Å². The molecule has 0 bridgehead atoms. The highest BCUT2D eigenvalue weighted by atomic mass is 16.5. The van der Waals surface area contributed by atoms with Gasteiger partial charge in [0.1, 0.15) is 0 Å². The second-order valence-electron chi connectivity index (χ2n) is 1.88. The maximum atomic E-state index is 4.95. The molecular formula is C6H10O2. The molecule has 1 atom stereocenters. The van der Waals surface area contributed by atoms with Gasteiger partial charge in [-0.3, -0.25) is 0 Å². The first-order valence-corrected chi connectivity index (χ1v) is 2.70. The lowest BCUT2D eigenvalue weighted by Gasteiger charge is -2.01. The van der Waals surface area contributed by atoms with Gasteiger partial charge in [-0.1, -0.05) is 0 Å². The van der Waals surface area contributed by atoms with Crippen LogP contribution in [0.2, 0.25) is 0 Å². The molecule has 8 heavy (non-hydrogen) atoms. The SMILES string of the molecule is COCC1C=COC1. The van der Waals surface area contributed by atoms with Crippen LogP contribution < -0.4 is 0 Å². The summed E-state index contributed by atoms with van der Waals surface area (Å²) in [5, 5.41) is 0. The minimum absolute atomic E-state index is 0.486. The Kier molecular flexibility index (Phi) is 1.92. The third-order valence-corrected chi connectivity index (χ3v) is 1.14. The van der Waals surface area contributed by atoms with E-state index in [-0.39, 0.29) is 0 Å². The van der Waals surface area contributed by atoms with Crippen molar-refractivity contribution in [2.24, 2.45) is 5.92 Å². The van der Waals surface area contributed by atoms with E-state index in [4.69, 9.17) is 9.47 Å². The molecule has 1 heterocycles. The van der Waals surface area contributed by atoms with Gasteiger partial charge in [0.25, 0.3) is 0 Å². The van der Waals surface area contributed by atoms with E-state index in [9.17, 15) is 0 Å². The fraction of sp³-hybridized carbons (Fsp3) is 0.667. The van der Waals surface area contributed by atoms with Gasteiger partial charge >= 0.3 is 0 Å². The first-order valence-electron chi connectivity index (χ1n) is 2.70. The van der Waals surface area contributed by atoms with Crippen LogP contribution in [-0.4, -0.2) is 20.3 Å². The zero-order chi connectivity index (χ0) is 5.82. The Hall–Kier alpha value is -0.500. The number of hydrogen-bond acceptors (Lipinski definition) is 2. The van der Waals surface area contributed by atoms with Gasteiger partial charge in [-0.25, -0.2) is 0 Å². The Morgan fingerprint density at radius 1 is 1.88 bits per heavy atom. The maximum Gasteiger partial charge on any atom is 0.0959 e. The quantitative estimate of drug-likeness (QED) is 0.528. The van der Waals surface area contributed by atoms with Gasteiger partial charge in [0, 0.05) is 13.0 Å². The van der Waals surface area contributed by atoms with Crippen molar-refractivity contribution in [2.45, 2.75) is 0 Å². The normalized spacial score (nSPS) is 25.9. The molecule has 0 spiro atoms. The van der Waals surface area contributed by atoms with Crippen LogP contribution in [0.15, 0.2) is 12.3 Å². The Morgan fingerprint density at radius 2 is 2.75 bits per heavy atom. The highest BCUT2D eigenvalue weighted by Crippen LogP contribution is 2.06. The largest absolute Gasteiger partial charge is 0.501 e. The topological polar surface area (TPSA) is 18.5 Å². The van der Waals surface area contributed by atoms with Gasteiger partial charge < -0.3 is 9.47 Å². The second kappa shape index (κ2) is 2.72. The van der Waals surface area contributed by atoms with E-state index in [0.29, 0.717) is 5.92 Å². The molecule has 2 nitrogen and oxygen atoms in total. The number of methoxy groups -OCH3 is 1. The molecule has 1 rings (SSSR count). The first kappa shape index (κ1) is 5.63. The summed E-state index contributed by atoms with van der Waals surface area (Å²) in [6.07, 6.45) is 3.74. The monoisotopic (exact) mass is 114 g/mol. The molecule has 2 heteroatoms. The molecular weight excluding hydrogens is 104 g/mol. The zero-order valence-electron chi connectivity index (χ0n) is 4.96. The number of ether oxygens (including phenoxy) is 2. The van der Waals surface area contributed by atoms with Gasteiger partial charge in [0.05, 0.1) is 19.5 Å². The molecule has 0 aromatic carbocycles. The summed E-state index contributed by atoms with van der Waals surface area (Å²) >= 11 is 0. The lowest BCUT2D eigenvalue weighted by atomic mass is 10.2. The summed E-state index contributed by atoms with van der Waals surface area (Å²) < 4.78 is 9.84. The summed E-state index contributed by atoms with van der Waals surface area (Å²) in [5.41, 5.74) is 0. The fourth-order valence-corrected chi connectivity index (χ4v) is 0.719. The van der Waals surface area contributed by atoms with Crippen LogP contribution in [0.3, 0.4) is 0 Å². The third kappa shape index (κ3) is 1.23. The van der Waals surface area contributed by atoms with Crippen molar-refractivity contribution >= 4 is 0 Å². The van der Waals surface area contributed by atoms with Crippen LogP contribution in [0, 0.1) is 5.92 Å². The molecule has 0 amide bonds. The van der Waals surface area contributed by atoms with Crippen molar-refractivity contribution in [3.05, 3.63) is 12.3 Å². The van der Waals surface area contributed by atoms with E-state index in [1.165, 1.54) is 0 Å². The average Bonchev–Trinajstić information content (AvgIpc) is 2.19. The van der Waals surface area contributed by atoms with E-state index < -0.39 is 0 Å². The van der Waals surface area contributed by atoms with Crippen molar-refractivity contribution in [1.29, 1.82) is 0 Å². The molecule has 1 aliphatic rings. The Labute approximate surface area is 49.1 Å². The standard InChI is InChI=1S/C6H10O2/c1-7-4-6-2-3-8-5-6/h2-3,6H,4-5H2,1H3. The van der Waals surface area contributed by atoms with E-state index in [0.717, 1.165) is 13.2 Å². The van der Waals surface area contributed by atoms with E-state index in [1.807, 2.05) is 6.08 Å². The molecule has 1 aliphatic heterocycles. The van der Waals surface area contributed by atoms with Crippen LogP contribution in [0.4, 0.5) is 0 Å². The van der Waals surface area contributed by atoms with Gasteiger partial charge in [-0.05, 0) is 6.08 Å². The van der Waals surface area contributed by atoms with Crippen molar-refractivity contribution < 1.29 is 9.47 Å². The lowest BCUT2D eigenvalue weighted by Crippen LogP contribution is -2.06.